The molecule has 4 heterocycles. The zero-order valence-electron chi connectivity index (χ0n) is 14.9. The van der Waals surface area contributed by atoms with E-state index in [9.17, 15) is 8.42 Å². The van der Waals surface area contributed by atoms with Gasteiger partial charge in [0.05, 0.1) is 30.8 Å². The summed E-state index contributed by atoms with van der Waals surface area (Å²) >= 11 is 0. The molecule has 1 saturated heterocycles. The van der Waals surface area contributed by atoms with Gasteiger partial charge in [0.15, 0.2) is 0 Å². The second-order valence-corrected chi connectivity index (χ2v) is 8.33. The van der Waals surface area contributed by atoms with Crippen LogP contribution in [0, 0.1) is 0 Å². The van der Waals surface area contributed by atoms with Gasteiger partial charge in [-0.15, -0.1) is 0 Å². The number of aryl methyl sites for hydroxylation is 1. The summed E-state index contributed by atoms with van der Waals surface area (Å²) in [5.41, 5.74) is 2.26. The first-order valence-electron chi connectivity index (χ1n) is 8.59. The molecule has 0 N–H and O–H groups in total. The molecule has 0 radical (unpaired) electrons. The fourth-order valence-electron chi connectivity index (χ4n) is 3.17. The van der Waals surface area contributed by atoms with Crippen LogP contribution in [0.4, 0.5) is 0 Å². The quantitative estimate of drug-likeness (QED) is 0.657. The number of fused-ring (bicyclic) bond motifs is 1. The van der Waals surface area contributed by atoms with Crippen LogP contribution in [-0.4, -0.2) is 56.3 Å². The Balaban J connectivity index is 1.65. The molecule has 0 unspecified atom stereocenters. The first-order chi connectivity index (χ1) is 13.0. The van der Waals surface area contributed by atoms with Crippen LogP contribution in [0.1, 0.15) is 12.8 Å². The van der Waals surface area contributed by atoms with Crippen LogP contribution in [-0.2, 0) is 17.1 Å². The Morgan fingerprint density at radius 3 is 2.93 bits per heavy atom. The number of rotatable bonds is 5. The maximum Gasteiger partial charge on any atom is 0.241 e. The molecule has 1 aliphatic rings. The first-order valence-corrected chi connectivity index (χ1v) is 10.1. The molecule has 142 valence electrons. The van der Waals surface area contributed by atoms with Gasteiger partial charge in [0.1, 0.15) is 11.6 Å². The van der Waals surface area contributed by atoms with E-state index in [0.29, 0.717) is 18.1 Å². The van der Waals surface area contributed by atoms with Gasteiger partial charge in [-0.2, -0.15) is 14.5 Å². The lowest BCUT2D eigenvalue weighted by Gasteiger charge is -2.31. The number of aromatic nitrogens is 5. The minimum Gasteiger partial charge on any atom is -0.471 e. The standard InChI is InChI=1S/C17H20N6O3S/c1-3-27(24,25)22-8-4-5-14(11-22)26-17-16-6-7-18-23(16)12-15(20-17)13-9-19-21(2)10-13/h3,6-7,9-10,12,14H,1,4-5,8,11H2,2H3/t14-/m1/s1. The van der Waals surface area contributed by atoms with Crippen LogP contribution in [0.25, 0.3) is 16.8 Å². The Kier molecular flexibility index (Phi) is 4.44. The Morgan fingerprint density at radius 1 is 1.33 bits per heavy atom. The van der Waals surface area contributed by atoms with Gasteiger partial charge >= 0.3 is 0 Å². The van der Waals surface area contributed by atoms with Crippen molar-refractivity contribution in [3.05, 3.63) is 42.8 Å². The zero-order chi connectivity index (χ0) is 19.0. The molecular weight excluding hydrogens is 368 g/mol. The Bertz CT molecular complexity index is 1090. The lowest BCUT2D eigenvalue weighted by Crippen LogP contribution is -2.43. The van der Waals surface area contributed by atoms with Gasteiger partial charge in [-0.25, -0.2) is 17.9 Å². The normalized spacial score (nSPS) is 18.6. The molecule has 0 aliphatic carbocycles. The van der Waals surface area contributed by atoms with Crippen molar-refractivity contribution in [3.8, 4) is 17.1 Å². The van der Waals surface area contributed by atoms with Gasteiger partial charge in [-0.05, 0) is 18.9 Å². The summed E-state index contributed by atoms with van der Waals surface area (Å²) in [4.78, 5) is 4.63. The highest BCUT2D eigenvalue weighted by Crippen LogP contribution is 2.26. The fraction of sp³-hybridized carbons (Fsp3) is 0.353. The number of piperidine rings is 1. The second-order valence-electron chi connectivity index (χ2n) is 6.45. The summed E-state index contributed by atoms with van der Waals surface area (Å²) in [5.74, 6) is 0.428. The van der Waals surface area contributed by atoms with E-state index in [1.54, 1.807) is 21.6 Å². The number of hydrogen-bond donors (Lipinski definition) is 0. The predicted molar refractivity (Wildman–Crippen MR) is 99.5 cm³/mol. The molecule has 9 nitrogen and oxygen atoms in total. The summed E-state index contributed by atoms with van der Waals surface area (Å²) in [7, 11) is -1.62. The highest BCUT2D eigenvalue weighted by Gasteiger charge is 2.29. The molecule has 0 saturated carbocycles. The largest absolute Gasteiger partial charge is 0.471 e. The maximum absolute atomic E-state index is 12.1. The minimum atomic E-state index is -3.46. The fourth-order valence-corrected chi connectivity index (χ4v) is 4.14. The van der Waals surface area contributed by atoms with Crippen molar-refractivity contribution in [1.82, 2.24) is 28.7 Å². The van der Waals surface area contributed by atoms with Crippen molar-refractivity contribution in [2.24, 2.45) is 7.05 Å². The van der Waals surface area contributed by atoms with Crippen LogP contribution >= 0.6 is 0 Å². The Labute approximate surface area is 156 Å². The average Bonchev–Trinajstić information content (AvgIpc) is 3.30. The van der Waals surface area contributed by atoms with Crippen molar-refractivity contribution in [2.75, 3.05) is 13.1 Å². The third-order valence-corrected chi connectivity index (χ3v) is 6.02. The van der Waals surface area contributed by atoms with E-state index in [0.717, 1.165) is 29.3 Å². The second kappa shape index (κ2) is 6.78. The summed E-state index contributed by atoms with van der Waals surface area (Å²) in [6, 6.07) is 1.82. The van der Waals surface area contributed by atoms with Gasteiger partial charge in [0.25, 0.3) is 0 Å². The number of ether oxygens (including phenoxy) is 1. The number of sulfonamides is 1. The number of nitrogens with zero attached hydrogens (tertiary/aromatic N) is 6. The van der Waals surface area contributed by atoms with Crippen molar-refractivity contribution < 1.29 is 13.2 Å². The highest BCUT2D eigenvalue weighted by molar-refractivity contribution is 7.92. The van der Waals surface area contributed by atoms with Gasteiger partial charge in [0.2, 0.25) is 15.9 Å². The molecule has 0 amide bonds. The molecule has 1 aliphatic heterocycles. The summed E-state index contributed by atoms with van der Waals surface area (Å²) in [6.07, 6.45) is 8.25. The molecule has 4 rings (SSSR count). The van der Waals surface area contributed by atoms with Gasteiger partial charge in [-0.1, -0.05) is 6.58 Å². The van der Waals surface area contributed by atoms with E-state index in [-0.39, 0.29) is 12.6 Å². The molecule has 3 aromatic heterocycles. The third kappa shape index (κ3) is 3.45. The van der Waals surface area contributed by atoms with Gasteiger partial charge in [0, 0.05) is 30.8 Å². The van der Waals surface area contributed by atoms with E-state index in [1.165, 1.54) is 4.31 Å². The Hall–Kier alpha value is -2.72. The maximum atomic E-state index is 12.1. The topological polar surface area (TPSA) is 94.6 Å². The molecule has 1 fully saturated rings. The van der Waals surface area contributed by atoms with Gasteiger partial charge < -0.3 is 4.74 Å². The highest BCUT2D eigenvalue weighted by atomic mass is 32.2. The SMILES string of the molecule is C=CS(=O)(=O)N1CCC[C@@H](Oc2nc(-c3cnn(C)c3)cn3nccc23)C1. The number of hydrogen-bond acceptors (Lipinski definition) is 6. The average molecular weight is 388 g/mol. The molecule has 0 bridgehead atoms. The third-order valence-electron chi connectivity index (χ3n) is 4.55. The van der Waals surface area contributed by atoms with Crippen LogP contribution in [0.2, 0.25) is 0 Å². The molecule has 0 aromatic carbocycles. The molecule has 1 atom stereocenters. The van der Waals surface area contributed by atoms with Gasteiger partial charge in [-0.3, -0.25) is 4.68 Å². The van der Waals surface area contributed by atoms with E-state index in [2.05, 4.69) is 21.8 Å². The summed E-state index contributed by atoms with van der Waals surface area (Å²) in [5, 5.41) is 9.44. The van der Waals surface area contributed by atoms with E-state index in [4.69, 9.17) is 4.74 Å². The molecular formula is C17H20N6O3S. The minimum absolute atomic E-state index is 0.271. The molecule has 10 heteroatoms. The van der Waals surface area contributed by atoms with Crippen molar-refractivity contribution in [2.45, 2.75) is 18.9 Å². The predicted octanol–water partition coefficient (Wildman–Crippen LogP) is 1.45. The van der Waals surface area contributed by atoms with Crippen LogP contribution in [0.15, 0.2) is 42.8 Å². The van der Waals surface area contributed by atoms with E-state index >= 15 is 0 Å². The van der Waals surface area contributed by atoms with Crippen molar-refractivity contribution in [3.63, 3.8) is 0 Å². The Morgan fingerprint density at radius 2 is 2.19 bits per heavy atom. The lowest BCUT2D eigenvalue weighted by atomic mass is 10.1. The lowest BCUT2D eigenvalue weighted by molar-refractivity contribution is 0.127. The van der Waals surface area contributed by atoms with Crippen LogP contribution in [0.3, 0.4) is 0 Å². The molecule has 27 heavy (non-hydrogen) atoms. The summed E-state index contributed by atoms with van der Waals surface area (Å²) in [6.45, 7) is 4.14. The van der Waals surface area contributed by atoms with Crippen molar-refractivity contribution >= 4 is 15.5 Å². The monoisotopic (exact) mass is 388 g/mol. The zero-order valence-corrected chi connectivity index (χ0v) is 15.7. The van der Waals surface area contributed by atoms with Crippen LogP contribution in [0.5, 0.6) is 5.88 Å². The molecule has 0 spiro atoms. The van der Waals surface area contributed by atoms with Crippen molar-refractivity contribution in [1.29, 1.82) is 0 Å². The molecule has 3 aromatic rings. The smallest absolute Gasteiger partial charge is 0.241 e. The van der Waals surface area contributed by atoms with E-state index < -0.39 is 10.0 Å². The summed E-state index contributed by atoms with van der Waals surface area (Å²) < 4.78 is 35.1. The van der Waals surface area contributed by atoms with Crippen LogP contribution < -0.4 is 4.74 Å². The first kappa shape index (κ1) is 17.7. The van der Waals surface area contributed by atoms with E-state index in [1.807, 2.05) is 25.5 Å².